The van der Waals surface area contributed by atoms with E-state index in [1.807, 2.05) is 30.3 Å². The van der Waals surface area contributed by atoms with Gasteiger partial charge in [0.1, 0.15) is 6.17 Å². The van der Waals surface area contributed by atoms with Gasteiger partial charge in [-0.3, -0.25) is 9.59 Å². The molecule has 0 bridgehead atoms. The molecule has 0 fully saturated rings. The topological polar surface area (TPSA) is 40.6 Å². The van der Waals surface area contributed by atoms with Crippen molar-refractivity contribution in [3.05, 3.63) is 88.5 Å². The third-order valence-electron chi connectivity index (χ3n) is 6.06. The number of hydrogen-bond donors (Lipinski definition) is 0. The molecule has 0 radical (unpaired) electrons. The molecule has 1 unspecified atom stereocenters. The van der Waals surface area contributed by atoms with Crippen LogP contribution in [0.2, 0.25) is 0 Å². The van der Waals surface area contributed by atoms with E-state index in [2.05, 4.69) is 35.0 Å². The van der Waals surface area contributed by atoms with Crippen molar-refractivity contribution in [2.24, 2.45) is 0 Å². The maximum Gasteiger partial charge on any atom is 0.194 e. The largest absolute Gasteiger partial charge is 0.352 e. The number of benzene rings is 3. The Morgan fingerprint density at radius 3 is 2.04 bits per heavy atom. The lowest BCUT2D eigenvalue weighted by Crippen LogP contribution is -2.35. The molecular formula is C23H16N2O2. The van der Waals surface area contributed by atoms with Crippen LogP contribution >= 0.6 is 0 Å². The average molecular weight is 352 g/mol. The number of para-hydroxylation sites is 1. The summed E-state index contributed by atoms with van der Waals surface area (Å²) in [5.41, 5.74) is 6.53. The van der Waals surface area contributed by atoms with Gasteiger partial charge in [-0.25, -0.2) is 0 Å². The molecule has 0 spiro atoms. The summed E-state index contributed by atoms with van der Waals surface area (Å²) in [6.07, 6.45) is 1.11. The minimum absolute atomic E-state index is 0.0659. The van der Waals surface area contributed by atoms with Gasteiger partial charge in [-0.15, -0.1) is 0 Å². The second-order valence-electron chi connectivity index (χ2n) is 7.38. The number of carbonyl (C=O) groups excluding carboxylic acids is 2. The summed E-state index contributed by atoms with van der Waals surface area (Å²) < 4.78 is 0. The maximum absolute atomic E-state index is 13.1. The Balaban J connectivity index is 1.59. The van der Waals surface area contributed by atoms with Gasteiger partial charge in [-0.2, -0.15) is 0 Å². The second kappa shape index (κ2) is 4.86. The lowest BCUT2D eigenvalue weighted by Gasteiger charge is -2.23. The number of ketones is 2. The first kappa shape index (κ1) is 14.7. The van der Waals surface area contributed by atoms with E-state index < -0.39 is 0 Å². The van der Waals surface area contributed by atoms with Gasteiger partial charge >= 0.3 is 0 Å². The van der Waals surface area contributed by atoms with Crippen molar-refractivity contribution in [1.29, 1.82) is 0 Å². The van der Waals surface area contributed by atoms with E-state index in [1.54, 1.807) is 12.1 Å². The lowest BCUT2D eigenvalue weighted by atomic mass is 9.83. The molecular weight excluding hydrogens is 336 g/mol. The van der Waals surface area contributed by atoms with Crippen molar-refractivity contribution in [2.75, 3.05) is 16.8 Å². The number of carbonyl (C=O) groups is 2. The zero-order valence-electron chi connectivity index (χ0n) is 14.8. The van der Waals surface area contributed by atoms with Crippen molar-refractivity contribution >= 4 is 28.6 Å². The first-order chi connectivity index (χ1) is 13.1. The monoisotopic (exact) mass is 352 g/mol. The molecule has 0 aromatic heterocycles. The molecule has 6 rings (SSSR count). The van der Waals surface area contributed by atoms with Crippen LogP contribution in [-0.2, 0) is 6.42 Å². The molecule has 27 heavy (non-hydrogen) atoms. The van der Waals surface area contributed by atoms with Gasteiger partial charge in [0.25, 0.3) is 0 Å². The zero-order valence-corrected chi connectivity index (χ0v) is 14.8. The van der Waals surface area contributed by atoms with Gasteiger partial charge in [0.05, 0.1) is 11.4 Å². The van der Waals surface area contributed by atoms with Crippen LogP contribution in [-0.4, -0.2) is 24.8 Å². The molecule has 4 heteroatoms. The molecule has 2 heterocycles. The third kappa shape index (κ3) is 1.72. The molecule has 3 aliphatic rings. The highest BCUT2D eigenvalue weighted by atomic mass is 16.1. The number of nitrogens with zero attached hydrogens (tertiary/aromatic N) is 2. The molecule has 0 saturated heterocycles. The Bertz CT molecular complexity index is 1180. The SMILES string of the molecule is CN1c2cc3c(cc2N2c4ccccc4CC12)C(=O)c1ccccc1C3=O. The quantitative estimate of drug-likeness (QED) is 0.481. The van der Waals surface area contributed by atoms with Crippen LogP contribution in [0.4, 0.5) is 17.1 Å². The second-order valence-corrected chi connectivity index (χ2v) is 7.38. The van der Waals surface area contributed by atoms with Gasteiger partial charge in [-0.05, 0) is 23.8 Å². The fourth-order valence-corrected chi connectivity index (χ4v) is 4.73. The summed E-state index contributed by atoms with van der Waals surface area (Å²) in [5, 5.41) is 0. The van der Waals surface area contributed by atoms with Crippen LogP contribution < -0.4 is 9.80 Å². The van der Waals surface area contributed by atoms with E-state index >= 15 is 0 Å². The predicted molar refractivity (Wildman–Crippen MR) is 104 cm³/mol. The highest BCUT2D eigenvalue weighted by Gasteiger charge is 2.42. The normalized spacial score (nSPS) is 18.8. The molecule has 0 N–H and O–H groups in total. The molecule has 0 amide bonds. The fourth-order valence-electron chi connectivity index (χ4n) is 4.73. The summed E-state index contributed by atoms with van der Waals surface area (Å²) in [5.74, 6) is -0.134. The van der Waals surface area contributed by atoms with Gasteiger partial charge in [0, 0.05) is 41.4 Å². The molecule has 3 aromatic carbocycles. The lowest BCUT2D eigenvalue weighted by molar-refractivity contribution is 0.0979. The van der Waals surface area contributed by atoms with Crippen LogP contribution in [0.25, 0.3) is 0 Å². The summed E-state index contributed by atoms with van der Waals surface area (Å²) in [4.78, 5) is 30.6. The minimum atomic E-state index is -0.0680. The van der Waals surface area contributed by atoms with Gasteiger partial charge in [0.15, 0.2) is 11.6 Å². The highest BCUT2D eigenvalue weighted by molar-refractivity contribution is 6.29. The molecule has 3 aromatic rings. The standard InChI is InChI=1S/C23H16N2O2/c1-24-19-11-16-17(23(27)15-8-4-3-7-14(15)22(16)26)12-20(19)25-18-9-5-2-6-13(18)10-21(24)25/h2-9,11-12,21H,10H2,1H3. The van der Waals surface area contributed by atoms with E-state index in [4.69, 9.17) is 0 Å². The zero-order chi connectivity index (χ0) is 18.3. The Kier molecular flexibility index (Phi) is 2.65. The Morgan fingerprint density at radius 2 is 1.33 bits per heavy atom. The number of fused-ring (bicyclic) bond motifs is 7. The third-order valence-corrected chi connectivity index (χ3v) is 6.06. The van der Waals surface area contributed by atoms with Crippen molar-refractivity contribution < 1.29 is 9.59 Å². The Hall–Kier alpha value is -3.40. The van der Waals surface area contributed by atoms with E-state index in [1.165, 1.54) is 11.3 Å². The van der Waals surface area contributed by atoms with Crippen LogP contribution in [0.3, 0.4) is 0 Å². The van der Waals surface area contributed by atoms with E-state index in [9.17, 15) is 9.59 Å². The van der Waals surface area contributed by atoms with Crippen molar-refractivity contribution in [2.45, 2.75) is 12.6 Å². The van der Waals surface area contributed by atoms with E-state index in [0.717, 1.165) is 17.8 Å². The molecule has 130 valence electrons. The first-order valence-electron chi connectivity index (χ1n) is 9.11. The number of hydrogen-bond acceptors (Lipinski definition) is 4. The fraction of sp³-hybridized carbons (Fsp3) is 0.130. The molecule has 1 atom stereocenters. The summed E-state index contributed by atoms with van der Waals surface area (Å²) in [6, 6.07) is 19.3. The Labute approximate surface area is 156 Å². The van der Waals surface area contributed by atoms with Crippen LogP contribution in [0.5, 0.6) is 0 Å². The molecule has 1 aliphatic carbocycles. The van der Waals surface area contributed by atoms with Gasteiger partial charge < -0.3 is 9.80 Å². The Morgan fingerprint density at radius 1 is 0.741 bits per heavy atom. The van der Waals surface area contributed by atoms with Gasteiger partial charge in [-0.1, -0.05) is 42.5 Å². The molecule has 0 saturated carbocycles. The van der Waals surface area contributed by atoms with E-state index in [-0.39, 0.29) is 17.7 Å². The maximum atomic E-state index is 13.1. The van der Waals surface area contributed by atoms with Crippen molar-refractivity contribution in [3.63, 3.8) is 0 Å². The summed E-state index contributed by atoms with van der Waals surface area (Å²) in [6.45, 7) is 0. The van der Waals surface area contributed by atoms with Crippen molar-refractivity contribution in [3.8, 4) is 0 Å². The average Bonchev–Trinajstić information content (AvgIpc) is 3.21. The number of anilines is 3. The number of likely N-dealkylation sites (N-methyl/N-ethyl adjacent to an activating group) is 1. The van der Waals surface area contributed by atoms with E-state index in [0.29, 0.717) is 22.3 Å². The van der Waals surface area contributed by atoms with Crippen LogP contribution in [0.15, 0.2) is 60.7 Å². The molecule has 4 nitrogen and oxygen atoms in total. The minimum Gasteiger partial charge on any atom is -0.352 e. The number of rotatable bonds is 0. The highest BCUT2D eigenvalue weighted by Crippen LogP contribution is 2.50. The van der Waals surface area contributed by atoms with Crippen LogP contribution in [0, 0.1) is 0 Å². The molecule has 2 aliphatic heterocycles. The van der Waals surface area contributed by atoms with Crippen molar-refractivity contribution in [1.82, 2.24) is 0 Å². The van der Waals surface area contributed by atoms with Crippen LogP contribution in [0.1, 0.15) is 37.4 Å². The summed E-state index contributed by atoms with van der Waals surface area (Å²) >= 11 is 0. The predicted octanol–water partition coefficient (Wildman–Crippen LogP) is 3.93. The smallest absolute Gasteiger partial charge is 0.194 e. The van der Waals surface area contributed by atoms with Gasteiger partial charge in [0.2, 0.25) is 0 Å². The first-order valence-corrected chi connectivity index (χ1v) is 9.11. The summed E-state index contributed by atoms with van der Waals surface area (Å²) in [7, 11) is 2.06.